The predicted octanol–water partition coefficient (Wildman–Crippen LogP) is 4.54. The van der Waals surface area contributed by atoms with Gasteiger partial charge in [0.15, 0.2) is 0 Å². The van der Waals surface area contributed by atoms with Gasteiger partial charge in [0, 0.05) is 5.56 Å². The average molecular weight is 279 g/mol. The maximum Gasteiger partial charge on any atom is 0.140 e. The lowest BCUT2D eigenvalue weighted by atomic mass is 10.0. The van der Waals surface area contributed by atoms with Crippen molar-refractivity contribution in [3.63, 3.8) is 0 Å². The molecule has 21 heavy (non-hydrogen) atoms. The van der Waals surface area contributed by atoms with Gasteiger partial charge in [-0.05, 0) is 25.5 Å². The zero-order chi connectivity index (χ0) is 14.7. The summed E-state index contributed by atoms with van der Waals surface area (Å²) in [6.45, 7) is 4.30. The predicted molar refractivity (Wildman–Crippen MR) is 82.2 cm³/mol. The monoisotopic (exact) mass is 279 g/mol. The minimum absolute atomic E-state index is 0.463. The summed E-state index contributed by atoms with van der Waals surface area (Å²) in [5.74, 6) is 1.67. The van der Waals surface area contributed by atoms with Gasteiger partial charge in [0.25, 0.3) is 0 Å². The number of aryl methyl sites for hydroxylation is 2. The minimum Gasteiger partial charge on any atom is -0.488 e. The van der Waals surface area contributed by atoms with Gasteiger partial charge < -0.3 is 9.26 Å². The molecule has 0 radical (unpaired) electrons. The van der Waals surface area contributed by atoms with Gasteiger partial charge in [-0.25, -0.2) is 0 Å². The summed E-state index contributed by atoms with van der Waals surface area (Å²) in [6.07, 6.45) is 0. The largest absolute Gasteiger partial charge is 0.488 e. The van der Waals surface area contributed by atoms with E-state index in [2.05, 4.69) is 23.4 Å². The zero-order valence-electron chi connectivity index (χ0n) is 12.2. The number of rotatable bonds is 4. The second kappa shape index (κ2) is 5.83. The van der Waals surface area contributed by atoms with Crippen molar-refractivity contribution in [2.45, 2.75) is 20.5 Å². The van der Waals surface area contributed by atoms with Crippen molar-refractivity contribution in [2.24, 2.45) is 0 Å². The summed E-state index contributed by atoms with van der Waals surface area (Å²) >= 11 is 0. The van der Waals surface area contributed by atoms with Gasteiger partial charge in [0.2, 0.25) is 0 Å². The molecule has 1 aromatic heterocycles. The minimum atomic E-state index is 0.463. The quantitative estimate of drug-likeness (QED) is 0.703. The number of benzene rings is 2. The Bertz CT molecular complexity index is 712. The van der Waals surface area contributed by atoms with E-state index in [1.807, 2.05) is 50.2 Å². The van der Waals surface area contributed by atoms with Crippen molar-refractivity contribution in [1.29, 1.82) is 0 Å². The number of hydrogen-bond acceptors (Lipinski definition) is 3. The highest BCUT2D eigenvalue weighted by Gasteiger charge is 2.11. The van der Waals surface area contributed by atoms with Crippen molar-refractivity contribution in [1.82, 2.24) is 5.16 Å². The van der Waals surface area contributed by atoms with E-state index in [4.69, 9.17) is 9.26 Å². The van der Waals surface area contributed by atoms with Crippen LogP contribution in [0.1, 0.15) is 17.0 Å². The van der Waals surface area contributed by atoms with E-state index >= 15 is 0 Å². The van der Waals surface area contributed by atoms with E-state index in [-0.39, 0.29) is 0 Å². The van der Waals surface area contributed by atoms with Crippen molar-refractivity contribution in [2.75, 3.05) is 0 Å². The fourth-order valence-corrected chi connectivity index (χ4v) is 2.31. The van der Waals surface area contributed by atoms with Crippen LogP contribution in [0.4, 0.5) is 0 Å². The Morgan fingerprint density at radius 2 is 1.67 bits per heavy atom. The summed E-state index contributed by atoms with van der Waals surface area (Å²) in [6, 6.07) is 18.3. The molecule has 2 aromatic carbocycles. The topological polar surface area (TPSA) is 35.3 Å². The molecule has 106 valence electrons. The summed E-state index contributed by atoms with van der Waals surface area (Å²) < 4.78 is 11.2. The Hall–Kier alpha value is -2.55. The van der Waals surface area contributed by atoms with E-state index in [1.165, 1.54) is 0 Å². The summed E-state index contributed by atoms with van der Waals surface area (Å²) in [4.78, 5) is 0. The fourth-order valence-electron chi connectivity index (χ4n) is 2.31. The highest BCUT2D eigenvalue weighted by atomic mass is 16.5. The smallest absolute Gasteiger partial charge is 0.140 e. The van der Waals surface area contributed by atoms with Crippen LogP contribution in [0, 0.1) is 13.8 Å². The molecule has 0 aliphatic carbocycles. The third kappa shape index (κ3) is 2.82. The maximum absolute atomic E-state index is 6.00. The molecule has 0 saturated heterocycles. The molecule has 0 aliphatic heterocycles. The number of para-hydroxylation sites is 1. The molecule has 0 saturated carbocycles. The van der Waals surface area contributed by atoms with E-state index in [9.17, 15) is 0 Å². The molecule has 0 spiro atoms. The molecule has 0 fully saturated rings. The molecule has 0 aliphatic rings. The first-order valence-corrected chi connectivity index (χ1v) is 6.94. The lowest BCUT2D eigenvalue weighted by Gasteiger charge is -2.11. The number of aromatic nitrogens is 1. The van der Waals surface area contributed by atoms with Gasteiger partial charge in [-0.3, -0.25) is 0 Å². The molecule has 3 rings (SSSR count). The third-order valence-corrected chi connectivity index (χ3v) is 3.53. The van der Waals surface area contributed by atoms with Gasteiger partial charge >= 0.3 is 0 Å². The van der Waals surface area contributed by atoms with Crippen LogP contribution < -0.4 is 4.74 Å². The Kier molecular flexibility index (Phi) is 3.73. The number of nitrogens with zero attached hydrogens (tertiary/aromatic N) is 1. The molecule has 3 heteroatoms. The van der Waals surface area contributed by atoms with Gasteiger partial charge in [-0.2, -0.15) is 0 Å². The fraction of sp³-hybridized carbons (Fsp3) is 0.167. The van der Waals surface area contributed by atoms with Crippen LogP contribution in [0.5, 0.6) is 5.75 Å². The van der Waals surface area contributed by atoms with Crippen LogP contribution in [0.2, 0.25) is 0 Å². The SMILES string of the molecule is Cc1noc(C)c1COc1ccccc1-c1ccccc1. The number of ether oxygens (including phenoxy) is 1. The van der Waals surface area contributed by atoms with Crippen LogP contribution in [-0.2, 0) is 6.61 Å². The first-order valence-electron chi connectivity index (χ1n) is 6.94. The molecule has 1 heterocycles. The molecule has 0 N–H and O–H groups in total. The zero-order valence-corrected chi connectivity index (χ0v) is 12.2. The van der Waals surface area contributed by atoms with Crippen molar-refractivity contribution in [3.05, 3.63) is 71.6 Å². The van der Waals surface area contributed by atoms with Gasteiger partial charge in [-0.15, -0.1) is 0 Å². The lowest BCUT2D eigenvalue weighted by Crippen LogP contribution is -1.99. The summed E-state index contributed by atoms with van der Waals surface area (Å²) in [5, 5.41) is 3.95. The van der Waals surface area contributed by atoms with Crippen LogP contribution in [-0.4, -0.2) is 5.16 Å². The Morgan fingerprint density at radius 1 is 0.952 bits per heavy atom. The van der Waals surface area contributed by atoms with Crippen LogP contribution in [0.3, 0.4) is 0 Å². The third-order valence-electron chi connectivity index (χ3n) is 3.53. The van der Waals surface area contributed by atoms with E-state index in [1.54, 1.807) is 0 Å². The second-order valence-electron chi connectivity index (χ2n) is 4.95. The van der Waals surface area contributed by atoms with E-state index < -0.39 is 0 Å². The highest BCUT2D eigenvalue weighted by Crippen LogP contribution is 2.30. The van der Waals surface area contributed by atoms with Crippen LogP contribution in [0.15, 0.2) is 59.1 Å². The van der Waals surface area contributed by atoms with Crippen molar-refractivity contribution >= 4 is 0 Å². The van der Waals surface area contributed by atoms with Crippen LogP contribution >= 0.6 is 0 Å². The van der Waals surface area contributed by atoms with Crippen molar-refractivity contribution < 1.29 is 9.26 Å². The van der Waals surface area contributed by atoms with Gasteiger partial charge in [0.05, 0.1) is 11.3 Å². The molecule has 3 nitrogen and oxygen atoms in total. The first kappa shape index (κ1) is 13.4. The summed E-state index contributed by atoms with van der Waals surface area (Å²) in [5.41, 5.74) is 4.12. The molecular weight excluding hydrogens is 262 g/mol. The molecule has 0 amide bonds. The van der Waals surface area contributed by atoms with E-state index in [0.717, 1.165) is 33.9 Å². The molecule has 0 atom stereocenters. The van der Waals surface area contributed by atoms with Crippen LogP contribution in [0.25, 0.3) is 11.1 Å². The van der Waals surface area contributed by atoms with Crippen molar-refractivity contribution in [3.8, 4) is 16.9 Å². The van der Waals surface area contributed by atoms with Gasteiger partial charge in [-0.1, -0.05) is 53.7 Å². The summed E-state index contributed by atoms with van der Waals surface area (Å²) in [7, 11) is 0. The average Bonchev–Trinajstić information content (AvgIpc) is 2.85. The van der Waals surface area contributed by atoms with Gasteiger partial charge in [0.1, 0.15) is 18.1 Å². The Morgan fingerprint density at radius 3 is 2.38 bits per heavy atom. The van der Waals surface area contributed by atoms with E-state index in [0.29, 0.717) is 6.61 Å². The Balaban J connectivity index is 1.87. The lowest BCUT2D eigenvalue weighted by molar-refractivity contribution is 0.303. The maximum atomic E-state index is 6.00. The number of hydrogen-bond donors (Lipinski definition) is 0. The standard InChI is InChI=1S/C18H17NO2/c1-13-17(14(2)21-19-13)12-20-18-11-7-6-10-16(18)15-8-4-3-5-9-15/h3-11H,12H2,1-2H3. The molecular formula is C18H17NO2. The highest BCUT2D eigenvalue weighted by molar-refractivity contribution is 5.70. The molecule has 0 bridgehead atoms. The normalized spacial score (nSPS) is 10.6. The first-order chi connectivity index (χ1) is 10.3. The molecule has 3 aromatic rings. The Labute approximate surface area is 124 Å². The molecule has 0 unspecified atom stereocenters. The second-order valence-corrected chi connectivity index (χ2v) is 4.95.